The zero-order chi connectivity index (χ0) is 11.0. The van der Waals surface area contributed by atoms with Crippen molar-refractivity contribution in [3.05, 3.63) is 0 Å². The van der Waals surface area contributed by atoms with E-state index in [4.69, 9.17) is 4.74 Å². The number of methoxy groups -OCH3 is 1. The van der Waals surface area contributed by atoms with Crippen molar-refractivity contribution < 1.29 is 9.53 Å². The lowest BCUT2D eigenvalue weighted by atomic mass is 10.1. The molecule has 0 fully saturated rings. The van der Waals surface area contributed by atoms with Gasteiger partial charge in [0.2, 0.25) is 0 Å². The Labute approximate surface area is 87.4 Å². The summed E-state index contributed by atoms with van der Waals surface area (Å²) in [5.41, 5.74) is 0. The summed E-state index contributed by atoms with van der Waals surface area (Å²) in [7, 11) is 1.69. The van der Waals surface area contributed by atoms with Crippen LogP contribution in [0.2, 0.25) is 0 Å². The van der Waals surface area contributed by atoms with E-state index >= 15 is 0 Å². The molecule has 84 valence electrons. The summed E-state index contributed by atoms with van der Waals surface area (Å²) in [6, 6.07) is 0.508. The molecule has 0 aliphatic rings. The maximum Gasteiger partial charge on any atom is 0.143 e. The van der Waals surface area contributed by atoms with Gasteiger partial charge >= 0.3 is 0 Å². The van der Waals surface area contributed by atoms with Gasteiger partial charge in [0.15, 0.2) is 0 Å². The van der Waals surface area contributed by atoms with E-state index < -0.39 is 0 Å². The number of carbonyl (C=O) groups excluding carboxylic acids is 1. The summed E-state index contributed by atoms with van der Waals surface area (Å²) in [6.07, 6.45) is 2.18. The van der Waals surface area contributed by atoms with Gasteiger partial charge in [-0.1, -0.05) is 13.8 Å². The number of hydrogen-bond donors (Lipinski definition) is 0. The van der Waals surface area contributed by atoms with Gasteiger partial charge in [0.05, 0.1) is 13.2 Å². The first-order valence-corrected chi connectivity index (χ1v) is 5.38. The molecule has 0 aliphatic heterocycles. The molecule has 0 radical (unpaired) electrons. The second-order valence-corrected chi connectivity index (χ2v) is 3.64. The average molecular weight is 201 g/mol. The summed E-state index contributed by atoms with van der Waals surface area (Å²) in [5, 5.41) is 0. The predicted molar refractivity (Wildman–Crippen MR) is 58.5 cm³/mol. The SMILES string of the molecule is CCC(CC)N(CCOC)CC(C)=O. The normalized spacial score (nSPS) is 11.3. The van der Waals surface area contributed by atoms with Crippen molar-refractivity contribution in [2.45, 2.75) is 39.7 Å². The maximum absolute atomic E-state index is 11.1. The Morgan fingerprint density at radius 2 is 1.93 bits per heavy atom. The van der Waals surface area contributed by atoms with Crippen LogP contribution in [0.15, 0.2) is 0 Å². The lowest BCUT2D eigenvalue weighted by Crippen LogP contribution is -2.40. The highest BCUT2D eigenvalue weighted by Gasteiger charge is 2.15. The standard InChI is InChI=1S/C11H23NO2/c1-5-11(6-2)12(7-8-14-4)9-10(3)13/h11H,5-9H2,1-4H3. The second kappa shape index (κ2) is 7.94. The second-order valence-electron chi connectivity index (χ2n) is 3.64. The summed E-state index contributed by atoms with van der Waals surface area (Å²) in [4.78, 5) is 13.3. The van der Waals surface area contributed by atoms with Crippen LogP contribution >= 0.6 is 0 Å². The fourth-order valence-corrected chi connectivity index (χ4v) is 1.69. The van der Waals surface area contributed by atoms with Crippen LogP contribution in [0, 0.1) is 0 Å². The summed E-state index contributed by atoms with van der Waals surface area (Å²) >= 11 is 0. The predicted octanol–water partition coefficient (Wildman–Crippen LogP) is 1.71. The van der Waals surface area contributed by atoms with Gasteiger partial charge < -0.3 is 4.74 Å². The Bertz CT molecular complexity index is 155. The average Bonchev–Trinajstić information content (AvgIpc) is 2.15. The molecule has 0 aromatic rings. The van der Waals surface area contributed by atoms with Crippen LogP contribution < -0.4 is 0 Å². The third kappa shape index (κ3) is 5.35. The fraction of sp³-hybridized carbons (Fsp3) is 0.909. The largest absolute Gasteiger partial charge is 0.383 e. The molecule has 0 bridgehead atoms. The van der Waals surface area contributed by atoms with Gasteiger partial charge in [-0.05, 0) is 19.8 Å². The van der Waals surface area contributed by atoms with Crippen molar-refractivity contribution in [2.24, 2.45) is 0 Å². The van der Waals surface area contributed by atoms with E-state index in [1.54, 1.807) is 14.0 Å². The van der Waals surface area contributed by atoms with Crippen molar-refractivity contribution in [3.63, 3.8) is 0 Å². The number of nitrogens with zero attached hydrogens (tertiary/aromatic N) is 1. The Morgan fingerprint density at radius 1 is 1.36 bits per heavy atom. The number of ketones is 1. The van der Waals surface area contributed by atoms with Crippen LogP contribution in [0.3, 0.4) is 0 Å². The molecule has 3 nitrogen and oxygen atoms in total. The first-order valence-electron chi connectivity index (χ1n) is 5.38. The van der Waals surface area contributed by atoms with Crippen LogP contribution in [0.4, 0.5) is 0 Å². The van der Waals surface area contributed by atoms with Crippen LogP contribution in [0.1, 0.15) is 33.6 Å². The Morgan fingerprint density at radius 3 is 2.29 bits per heavy atom. The van der Waals surface area contributed by atoms with Gasteiger partial charge in [-0.3, -0.25) is 9.69 Å². The molecule has 0 aromatic heterocycles. The Balaban J connectivity index is 4.12. The van der Waals surface area contributed by atoms with E-state index in [9.17, 15) is 4.79 Å². The maximum atomic E-state index is 11.1. The molecule has 0 unspecified atom stereocenters. The van der Waals surface area contributed by atoms with E-state index in [1.807, 2.05) is 0 Å². The van der Waals surface area contributed by atoms with Gasteiger partial charge in [-0.25, -0.2) is 0 Å². The molecule has 0 N–H and O–H groups in total. The zero-order valence-electron chi connectivity index (χ0n) is 9.88. The third-order valence-corrected chi connectivity index (χ3v) is 2.47. The minimum absolute atomic E-state index is 0.230. The highest BCUT2D eigenvalue weighted by atomic mass is 16.5. The minimum atomic E-state index is 0.230. The highest BCUT2D eigenvalue weighted by Crippen LogP contribution is 2.07. The third-order valence-electron chi connectivity index (χ3n) is 2.47. The van der Waals surface area contributed by atoms with Gasteiger partial charge in [-0.15, -0.1) is 0 Å². The zero-order valence-corrected chi connectivity index (χ0v) is 9.88. The first kappa shape index (κ1) is 13.6. The monoisotopic (exact) mass is 201 g/mol. The van der Waals surface area contributed by atoms with Crippen LogP contribution in [-0.2, 0) is 9.53 Å². The Hall–Kier alpha value is -0.410. The van der Waals surface area contributed by atoms with E-state index in [-0.39, 0.29) is 5.78 Å². The molecule has 14 heavy (non-hydrogen) atoms. The molecule has 0 atom stereocenters. The molecule has 0 heterocycles. The molecule has 0 rings (SSSR count). The fourth-order valence-electron chi connectivity index (χ4n) is 1.69. The lowest BCUT2D eigenvalue weighted by molar-refractivity contribution is -0.118. The Kier molecular flexibility index (Phi) is 7.71. The van der Waals surface area contributed by atoms with Crippen molar-refractivity contribution in [3.8, 4) is 0 Å². The molecule has 0 saturated heterocycles. The highest BCUT2D eigenvalue weighted by molar-refractivity contribution is 5.77. The van der Waals surface area contributed by atoms with E-state index in [2.05, 4.69) is 18.7 Å². The molecule has 0 aromatic carbocycles. The molecule has 0 spiro atoms. The number of ether oxygens (including phenoxy) is 1. The number of carbonyl (C=O) groups is 1. The molecular formula is C11H23NO2. The number of Topliss-reactive ketones (excluding diaryl/α,β-unsaturated/α-hetero) is 1. The number of hydrogen-bond acceptors (Lipinski definition) is 3. The van der Waals surface area contributed by atoms with E-state index in [0.29, 0.717) is 19.2 Å². The summed E-state index contributed by atoms with van der Waals surface area (Å²) in [6.45, 7) is 8.06. The van der Waals surface area contributed by atoms with Crippen LogP contribution in [-0.4, -0.2) is 43.5 Å². The smallest absolute Gasteiger partial charge is 0.143 e. The molecular weight excluding hydrogens is 178 g/mol. The number of rotatable bonds is 8. The van der Waals surface area contributed by atoms with Crippen molar-refractivity contribution >= 4 is 5.78 Å². The summed E-state index contributed by atoms with van der Waals surface area (Å²) in [5.74, 6) is 0.230. The van der Waals surface area contributed by atoms with E-state index in [0.717, 1.165) is 19.4 Å². The van der Waals surface area contributed by atoms with Gasteiger partial charge in [-0.2, -0.15) is 0 Å². The van der Waals surface area contributed by atoms with Gasteiger partial charge in [0.1, 0.15) is 5.78 Å². The first-order chi connectivity index (χ1) is 6.65. The minimum Gasteiger partial charge on any atom is -0.383 e. The topological polar surface area (TPSA) is 29.5 Å². The quantitative estimate of drug-likeness (QED) is 0.599. The summed E-state index contributed by atoms with van der Waals surface area (Å²) < 4.78 is 5.04. The molecule has 3 heteroatoms. The lowest BCUT2D eigenvalue weighted by Gasteiger charge is -2.29. The molecule has 0 aliphatic carbocycles. The van der Waals surface area contributed by atoms with Gasteiger partial charge in [0, 0.05) is 19.7 Å². The van der Waals surface area contributed by atoms with Crippen LogP contribution in [0.25, 0.3) is 0 Å². The molecule has 0 amide bonds. The molecule has 0 saturated carbocycles. The van der Waals surface area contributed by atoms with Crippen LogP contribution in [0.5, 0.6) is 0 Å². The van der Waals surface area contributed by atoms with Crippen molar-refractivity contribution in [2.75, 3.05) is 26.8 Å². The van der Waals surface area contributed by atoms with Crippen molar-refractivity contribution in [1.82, 2.24) is 4.90 Å². The van der Waals surface area contributed by atoms with E-state index in [1.165, 1.54) is 0 Å². The van der Waals surface area contributed by atoms with Crippen molar-refractivity contribution in [1.29, 1.82) is 0 Å². The van der Waals surface area contributed by atoms with Gasteiger partial charge in [0.25, 0.3) is 0 Å².